The minimum atomic E-state index is -1.12. The molecular weight excluding hydrogens is 782 g/mol. The molecule has 3 rings (SSSR count). The Morgan fingerprint density at radius 2 is 1.32 bits per heavy atom. The zero-order chi connectivity index (χ0) is 44.5. The Kier molecular flexibility index (Phi) is 24.9. The van der Waals surface area contributed by atoms with Crippen LogP contribution < -0.4 is 10.1 Å². The molecule has 0 aliphatic carbocycles. The van der Waals surface area contributed by atoms with Gasteiger partial charge in [-0.25, -0.2) is 9.59 Å². The van der Waals surface area contributed by atoms with Gasteiger partial charge in [-0.1, -0.05) is 116 Å². The maximum absolute atomic E-state index is 12.9. The van der Waals surface area contributed by atoms with Gasteiger partial charge in [-0.05, 0) is 108 Å². The van der Waals surface area contributed by atoms with Crippen molar-refractivity contribution in [3.05, 3.63) is 64.7 Å². The van der Waals surface area contributed by atoms with Crippen LogP contribution in [0.1, 0.15) is 180 Å². The number of unbranched alkanes of at least 4 members (excludes halogenated alkanes) is 11. The molecule has 0 saturated carbocycles. The van der Waals surface area contributed by atoms with Crippen LogP contribution in [0.25, 0.3) is 0 Å². The van der Waals surface area contributed by atoms with Gasteiger partial charge in [0.05, 0.1) is 12.0 Å². The van der Waals surface area contributed by atoms with Gasteiger partial charge in [0, 0.05) is 22.6 Å². The van der Waals surface area contributed by atoms with E-state index in [1.54, 1.807) is 76.2 Å². The first-order valence-electron chi connectivity index (χ1n) is 22.5. The zero-order valence-electron chi connectivity index (χ0n) is 37.7. The second-order valence-corrected chi connectivity index (χ2v) is 17.7. The molecule has 1 saturated heterocycles. The maximum atomic E-state index is 12.9. The number of cyclic esters (lactones) is 1. The van der Waals surface area contributed by atoms with Gasteiger partial charge in [0.25, 0.3) is 0 Å². The molecule has 1 fully saturated rings. The fraction of sp³-hybridized carbons (Fsp3) is 0.653. The van der Waals surface area contributed by atoms with E-state index in [9.17, 15) is 24.0 Å². The Morgan fingerprint density at radius 3 is 1.83 bits per heavy atom. The van der Waals surface area contributed by atoms with Gasteiger partial charge in [-0.3, -0.25) is 14.4 Å². The van der Waals surface area contributed by atoms with E-state index in [0.717, 1.165) is 38.5 Å². The fourth-order valence-electron chi connectivity index (χ4n) is 7.04. The van der Waals surface area contributed by atoms with Gasteiger partial charge >= 0.3 is 17.9 Å². The molecule has 0 aromatic heterocycles. The lowest BCUT2D eigenvalue weighted by atomic mass is 9.86. The lowest BCUT2D eigenvalue weighted by Crippen LogP contribution is -2.48. The third-order valence-electron chi connectivity index (χ3n) is 10.5. The highest BCUT2D eigenvalue weighted by molar-refractivity contribution is 6.30. The molecule has 4 atom stereocenters. The van der Waals surface area contributed by atoms with E-state index in [-0.39, 0.29) is 47.9 Å². The van der Waals surface area contributed by atoms with E-state index < -0.39 is 17.6 Å². The Labute approximate surface area is 365 Å². The van der Waals surface area contributed by atoms with Crippen molar-refractivity contribution >= 4 is 41.7 Å². The number of carbonyl (C=O) groups is 5. The Bertz CT molecular complexity index is 1560. The predicted octanol–water partition coefficient (Wildman–Crippen LogP) is 11.6. The normalized spacial score (nSPS) is 15.8. The van der Waals surface area contributed by atoms with E-state index in [2.05, 4.69) is 19.2 Å². The van der Waals surface area contributed by atoms with Gasteiger partial charge < -0.3 is 24.3 Å². The smallest absolute Gasteiger partial charge is 0.350 e. The molecule has 2 aromatic carbocycles. The number of benzene rings is 2. The lowest BCUT2D eigenvalue weighted by molar-refractivity contribution is -0.190. The molecule has 0 radical (unpaired) electrons. The largest absolute Gasteiger partial charge is 0.476 e. The first kappa shape index (κ1) is 52.2. The molecule has 60 heavy (non-hydrogen) atoms. The van der Waals surface area contributed by atoms with Crippen LogP contribution in [0.5, 0.6) is 5.75 Å². The highest BCUT2D eigenvalue weighted by Crippen LogP contribution is 2.33. The van der Waals surface area contributed by atoms with Gasteiger partial charge in [-0.15, -0.1) is 0 Å². The summed E-state index contributed by atoms with van der Waals surface area (Å²) in [5.41, 5.74) is -0.0393. The molecule has 1 aliphatic heterocycles. The van der Waals surface area contributed by atoms with E-state index in [4.69, 9.17) is 30.5 Å². The molecule has 1 N–H and O–H groups in total. The van der Waals surface area contributed by atoms with Crippen molar-refractivity contribution < 1.29 is 42.9 Å². The Morgan fingerprint density at radius 1 is 0.783 bits per heavy atom. The first-order valence-corrected chi connectivity index (χ1v) is 22.9. The van der Waals surface area contributed by atoms with Crippen LogP contribution in [-0.2, 0) is 33.4 Å². The van der Waals surface area contributed by atoms with E-state index >= 15 is 0 Å². The highest BCUT2D eigenvalue weighted by Gasteiger charge is 2.43. The van der Waals surface area contributed by atoms with Gasteiger partial charge in [0.15, 0.2) is 11.4 Å². The molecule has 10 nitrogen and oxygen atoms in total. The van der Waals surface area contributed by atoms with Crippen molar-refractivity contribution in [2.75, 3.05) is 0 Å². The van der Waals surface area contributed by atoms with Crippen LogP contribution in [0.2, 0.25) is 5.02 Å². The minimum Gasteiger partial charge on any atom is -0.476 e. The average molecular weight is 857 g/mol. The second kappa shape index (κ2) is 28.6. The van der Waals surface area contributed by atoms with Crippen LogP contribution >= 0.6 is 11.6 Å². The molecule has 0 bridgehead atoms. The first-order chi connectivity index (χ1) is 28.6. The third-order valence-corrected chi connectivity index (χ3v) is 10.7. The predicted molar refractivity (Wildman–Crippen MR) is 238 cm³/mol. The van der Waals surface area contributed by atoms with Crippen molar-refractivity contribution in [2.45, 2.75) is 194 Å². The van der Waals surface area contributed by atoms with Crippen molar-refractivity contribution in [1.82, 2.24) is 5.32 Å². The number of halogens is 1. The van der Waals surface area contributed by atoms with Crippen molar-refractivity contribution in [3.63, 3.8) is 0 Å². The highest BCUT2D eigenvalue weighted by atomic mass is 35.5. The maximum Gasteiger partial charge on any atom is 0.350 e. The molecule has 2 aromatic rings. The number of carbonyl (C=O) groups excluding carboxylic acids is 5. The second-order valence-electron chi connectivity index (χ2n) is 17.2. The van der Waals surface area contributed by atoms with Crippen LogP contribution in [0, 0.1) is 11.8 Å². The summed E-state index contributed by atoms with van der Waals surface area (Å²) in [6, 6.07) is 12.7. The molecule has 0 spiro atoms. The molecule has 11 heteroatoms. The molecule has 0 unspecified atom stereocenters. The average Bonchev–Trinajstić information content (AvgIpc) is 3.19. The minimum absolute atomic E-state index is 0.0734. The van der Waals surface area contributed by atoms with Gasteiger partial charge in [-0.2, -0.15) is 0 Å². The lowest BCUT2D eigenvalue weighted by Gasteiger charge is -2.37. The number of hydrogen-bond acceptors (Lipinski definition) is 9. The van der Waals surface area contributed by atoms with Crippen molar-refractivity contribution in [2.24, 2.45) is 11.8 Å². The molecule has 1 aliphatic rings. The Hall–Kier alpha value is -3.92. The van der Waals surface area contributed by atoms with Crippen LogP contribution in [0.4, 0.5) is 0 Å². The number of esters is 3. The monoisotopic (exact) mass is 856 g/mol. The quantitative estimate of drug-likeness (QED) is 0.0279. The van der Waals surface area contributed by atoms with Crippen LogP contribution in [-0.4, -0.2) is 60.1 Å². The summed E-state index contributed by atoms with van der Waals surface area (Å²) in [5.74, 6) is -0.368. The Balaban J connectivity index is 0.000000436. The van der Waals surface area contributed by atoms with Crippen molar-refractivity contribution in [3.8, 4) is 5.75 Å². The summed E-state index contributed by atoms with van der Waals surface area (Å²) in [6.07, 6.45) is 18.3. The third kappa shape index (κ3) is 20.1. The van der Waals surface area contributed by atoms with E-state index in [1.165, 1.54) is 57.8 Å². The number of ketones is 1. The number of amides is 1. The summed E-state index contributed by atoms with van der Waals surface area (Å²) in [7, 11) is 0. The number of nitrogens with one attached hydrogen (secondary N) is 1. The summed E-state index contributed by atoms with van der Waals surface area (Å²) in [4.78, 5) is 60.4. The summed E-state index contributed by atoms with van der Waals surface area (Å²) < 4.78 is 22.3. The topological polar surface area (TPSA) is 134 Å². The molecular formula is C49H74ClNO9. The molecule has 1 amide bonds. The number of ether oxygens (including phenoxy) is 4. The SMILES string of the molecule is CC(C)OC(=O)C(C)(C)Oc1ccc(C(=O)c2ccc(Cl)cc2)cc1.CCCCCCCCCCC[C@@H](C[C@@H]1OC(=O)[C@H]1CCCCCC)OC(=O)[C@H](CC(C)C)NC=O. The number of rotatable bonds is 29. The zero-order valence-corrected chi connectivity index (χ0v) is 38.5. The van der Waals surface area contributed by atoms with Crippen molar-refractivity contribution in [1.29, 1.82) is 0 Å². The van der Waals surface area contributed by atoms with Crippen LogP contribution in [0.3, 0.4) is 0 Å². The van der Waals surface area contributed by atoms with E-state index in [0.29, 0.717) is 41.2 Å². The standard InChI is InChI=1S/C29H53NO5.C20H21ClO4/c1-5-7-9-11-12-13-14-15-16-18-24(34-29(33)26(30-22-31)20-23(3)4)21-27-25(28(32)35-27)19-17-10-8-6-2;1-13(2)24-19(23)20(3,4)25-17-11-7-15(8-12-17)18(22)14-5-9-16(21)10-6-14/h22-27H,5-21H2,1-4H3,(H,30,31);5-13H,1-4H3/t24-,25-,26-,27-;/m0./s1. The van der Waals surface area contributed by atoms with Gasteiger partial charge in [0.2, 0.25) is 6.41 Å². The summed E-state index contributed by atoms with van der Waals surface area (Å²) in [5, 5.41) is 3.20. The summed E-state index contributed by atoms with van der Waals surface area (Å²) >= 11 is 5.84. The molecule has 1 heterocycles. The summed E-state index contributed by atoms with van der Waals surface area (Å²) in [6.45, 7) is 15.3. The fourth-order valence-corrected chi connectivity index (χ4v) is 7.16. The number of hydrogen-bond donors (Lipinski definition) is 1. The van der Waals surface area contributed by atoms with E-state index in [1.807, 2.05) is 13.8 Å². The van der Waals surface area contributed by atoms with Crippen LogP contribution in [0.15, 0.2) is 48.5 Å². The van der Waals surface area contributed by atoms with Gasteiger partial charge in [0.1, 0.15) is 24.0 Å². The molecule has 336 valence electrons.